The van der Waals surface area contributed by atoms with Crippen molar-refractivity contribution in [3.63, 3.8) is 0 Å². The van der Waals surface area contributed by atoms with Gasteiger partial charge >= 0.3 is 6.09 Å². The Hall–Kier alpha value is -7.76. The second-order valence-corrected chi connectivity index (χ2v) is 17.2. The highest BCUT2D eigenvalue weighted by molar-refractivity contribution is 5.94. The van der Waals surface area contributed by atoms with Crippen LogP contribution in [0.3, 0.4) is 0 Å². The third-order valence-corrected chi connectivity index (χ3v) is 11.9. The molecule has 6 N–H and O–H groups in total. The minimum absolute atomic E-state index is 0.0440. The van der Waals surface area contributed by atoms with Crippen LogP contribution >= 0.6 is 0 Å². The molecule has 380 valence electrons. The van der Waals surface area contributed by atoms with Crippen LogP contribution in [0, 0.1) is 0 Å². The van der Waals surface area contributed by atoms with Gasteiger partial charge in [0.1, 0.15) is 12.9 Å². The largest absolute Gasteiger partial charge is 0.493 e. The zero-order valence-corrected chi connectivity index (χ0v) is 41.3. The van der Waals surface area contributed by atoms with Crippen molar-refractivity contribution < 1.29 is 47.7 Å². The minimum Gasteiger partial charge on any atom is -0.493 e. The number of aldehydes is 1. The first-order valence-electron chi connectivity index (χ1n) is 24.2. The van der Waals surface area contributed by atoms with Gasteiger partial charge in [-0.3, -0.25) is 30.1 Å². The average molecular weight is 984 g/mol. The summed E-state index contributed by atoms with van der Waals surface area (Å²) in [6.45, 7) is 2.71. The van der Waals surface area contributed by atoms with Gasteiger partial charge in [-0.15, -0.1) is 0 Å². The molecule has 4 amide bonds. The maximum absolute atomic E-state index is 13.5. The number of benzene rings is 5. The van der Waals surface area contributed by atoms with Gasteiger partial charge in [-0.25, -0.2) is 10.2 Å². The van der Waals surface area contributed by atoms with Crippen molar-refractivity contribution in [1.82, 2.24) is 21.5 Å². The predicted molar refractivity (Wildman–Crippen MR) is 278 cm³/mol. The number of ether oxygens (including phenoxy) is 5. The summed E-state index contributed by atoms with van der Waals surface area (Å²) in [6.07, 6.45) is 8.04. The van der Waals surface area contributed by atoms with Crippen LogP contribution in [0.5, 0.6) is 23.0 Å². The number of hydrogen-bond donors (Lipinski definition) is 6. The van der Waals surface area contributed by atoms with Crippen LogP contribution in [-0.2, 0) is 43.4 Å². The molecule has 0 aromatic heterocycles. The van der Waals surface area contributed by atoms with Gasteiger partial charge in [0.05, 0.1) is 51.4 Å². The Balaban J connectivity index is 1.06. The van der Waals surface area contributed by atoms with E-state index in [-0.39, 0.29) is 43.5 Å². The van der Waals surface area contributed by atoms with Gasteiger partial charge in [-0.1, -0.05) is 60.7 Å². The number of nitrogens with one attached hydrogen (secondary N) is 6. The molecule has 17 heteroatoms. The van der Waals surface area contributed by atoms with E-state index in [2.05, 4.69) is 51.2 Å². The molecule has 0 spiro atoms. The van der Waals surface area contributed by atoms with E-state index in [1.165, 1.54) is 0 Å². The van der Waals surface area contributed by atoms with Crippen molar-refractivity contribution in [2.24, 2.45) is 4.99 Å². The smallest absolute Gasteiger partial charge is 0.411 e. The normalized spacial score (nSPS) is 12.9. The fourth-order valence-corrected chi connectivity index (χ4v) is 8.03. The van der Waals surface area contributed by atoms with E-state index in [0.717, 1.165) is 58.9 Å². The van der Waals surface area contributed by atoms with Crippen LogP contribution < -0.4 is 51.1 Å². The Morgan fingerprint density at radius 2 is 1.43 bits per heavy atom. The molecule has 5 aromatic rings. The van der Waals surface area contributed by atoms with Crippen molar-refractivity contribution in [2.75, 3.05) is 51.7 Å². The summed E-state index contributed by atoms with van der Waals surface area (Å²) in [7, 11) is 5.12. The summed E-state index contributed by atoms with van der Waals surface area (Å²) in [6, 6.07) is 30.3. The Morgan fingerprint density at radius 1 is 0.736 bits per heavy atom. The number of amides is 4. The highest BCUT2D eigenvalue weighted by Gasteiger charge is 2.21. The Kier molecular flexibility index (Phi) is 21.0. The molecule has 0 fully saturated rings. The quantitative estimate of drug-likeness (QED) is 0.0159. The van der Waals surface area contributed by atoms with Crippen LogP contribution in [-0.4, -0.2) is 89.9 Å². The van der Waals surface area contributed by atoms with Gasteiger partial charge in [0.25, 0.3) is 0 Å². The number of carbonyl (C=O) groups excluding carboxylic acids is 5. The second kappa shape index (κ2) is 28.2. The fourth-order valence-electron chi connectivity index (χ4n) is 8.03. The number of hydrazine groups is 1. The van der Waals surface area contributed by atoms with Gasteiger partial charge in [0.15, 0.2) is 23.0 Å². The van der Waals surface area contributed by atoms with Crippen molar-refractivity contribution in [3.8, 4) is 45.3 Å². The standard InChI is InChI=1S/C55H65N7O10/c1-37(56-2)27-39-15-8-10-17-43(39)46-30-50(69-4)52(32-48(46)61-55(67)72-35-38-20-22-41(23-21-38)60-54(66)34-59-62-53(65)19-7-5-12-24-63)71-26-14-6-13-25-70-51-31-47-45(29-49(51)68-3)44-18-11-9-16-40(44)28-42(33-57-47)58-36-64/h8-11,15-18,20-24,29-33,36-37,42,56,59H,5-7,12-14,19,25-28,34-35H2,1-4H3,(H,58,64)(H,60,66)(H,61,67)(H,62,65)/t37-,42?/m1/s1. The van der Waals surface area contributed by atoms with E-state index in [1.54, 1.807) is 50.8 Å². The second-order valence-electron chi connectivity index (χ2n) is 17.2. The third kappa shape index (κ3) is 15.9. The molecule has 1 heterocycles. The monoisotopic (exact) mass is 983 g/mol. The van der Waals surface area contributed by atoms with Gasteiger partial charge < -0.3 is 44.4 Å². The SMILES string of the molecule is CN[C@H](C)Cc1ccccc1-c1cc(OC)c(OCCCCCOc2cc3c(cc2OC)-c2ccccc2CC(NC=O)C=N3)cc1NC(=O)OCc1ccc(NC(=O)CNNC(=O)CCCCC=O)cc1. The Morgan fingerprint density at radius 3 is 2.14 bits per heavy atom. The summed E-state index contributed by atoms with van der Waals surface area (Å²) in [5.74, 6) is 1.49. The lowest BCUT2D eigenvalue weighted by molar-refractivity contribution is -0.122. The van der Waals surface area contributed by atoms with E-state index in [0.29, 0.717) is 97.4 Å². The number of methoxy groups -OCH3 is 2. The maximum Gasteiger partial charge on any atom is 0.411 e. The van der Waals surface area contributed by atoms with Crippen LogP contribution in [0.1, 0.15) is 68.6 Å². The molecule has 0 saturated carbocycles. The molecule has 1 aliphatic heterocycles. The predicted octanol–water partition coefficient (Wildman–Crippen LogP) is 8.26. The summed E-state index contributed by atoms with van der Waals surface area (Å²) in [5.41, 5.74) is 13.2. The Labute approximate surface area is 420 Å². The number of carbonyl (C=O) groups is 5. The summed E-state index contributed by atoms with van der Waals surface area (Å²) < 4.78 is 29.9. The van der Waals surface area contributed by atoms with E-state index in [9.17, 15) is 24.0 Å². The number of anilines is 2. The van der Waals surface area contributed by atoms with E-state index >= 15 is 0 Å². The maximum atomic E-state index is 13.5. The van der Waals surface area contributed by atoms with Gasteiger partial charge in [0.2, 0.25) is 18.2 Å². The molecule has 72 heavy (non-hydrogen) atoms. The van der Waals surface area contributed by atoms with E-state index in [4.69, 9.17) is 28.7 Å². The van der Waals surface area contributed by atoms with Gasteiger partial charge in [-0.2, -0.15) is 0 Å². The molecular formula is C55H65N7O10. The van der Waals surface area contributed by atoms with Gasteiger partial charge in [0, 0.05) is 54.0 Å². The summed E-state index contributed by atoms with van der Waals surface area (Å²) in [4.78, 5) is 64.3. The first-order chi connectivity index (χ1) is 35.1. The highest BCUT2D eigenvalue weighted by Crippen LogP contribution is 2.43. The van der Waals surface area contributed by atoms with Crippen LogP contribution in [0.15, 0.2) is 102 Å². The first kappa shape index (κ1) is 53.6. The van der Waals surface area contributed by atoms with Crippen LogP contribution in [0.25, 0.3) is 22.3 Å². The molecule has 17 nitrogen and oxygen atoms in total. The molecular weight excluding hydrogens is 919 g/mol. The number of aliphatic imine (C=N–C) groups is 1. The number of fused-ring (bicyclic) bond motifs is 3. The van der Waals surface area contributed by atoms with E-state index in [1.807, 2.05) is 61.6 Å². The lowest BCUT2D eigenvalue weighted by Gasteiger charge is -2.21. The van der Waals surface area contributed by atoms with Crippen molar-refractivity contribution in [3.05, 3.63) is 114 Å². The molecule has 2 atom stereocenters. The van der Waals surface area contributed by atoms with Crippen molar-refractivity contribution in [1.29, 1.82) is 0 Å². The van der Waals surface area contributed by atoms with Gasteiger partial charge in [-0.05, 0) is 111 Å². The highest BCUT2D eigenvalue weighted by atomic mass is 16.5. The molecule has 0 saturated heterocycles. The Bertz CT molecular complexity index is 2640. The zero-order valence-electron chi connectivity index (χ0n) is 41.3. The number of nitrogens with zero attached hydrogens (tertiary/aromatic N) is 1. The fraction of sp³-hybridized carbons (Fsp3) is 0.345. The number of hydrogen-bond acceptors (Lipinski definition) is 13. The minimum atomic E-state index is -0.681. The lowest BCUT2D eigenvalue weighted by atomic mass is 9.93. The average Bonchev–Trinajstić information content (AvgIpc) is 3.38. The molecule has 0 radical (unpaired) electrons. The molecule has 6 rings (SSSR count). The lowest BCUT2D eigenvalue weighted by Crippen LogP contribution is -2.41. The third-order valence-electron chi connectivity index (χ3n) is 11.9. The number of unbranched alkanes of at least 4 members (excludes halogenated alkanes) is 4. The topological polar surface area (TPSA) is 216 Å². The van der Waals surface area contributed by atoms with Crippen molar-refractivity contribution >= 4 is 53.9 Å². The summed E-state index contributed by atoms with van der Waals surface area (Å²) in [5, 5.41) is 11.9. The first-order valence-corrected chi connectivity index (χ1v) is 24.2. The van der Waals surface area contributed by atoms with Crippen LogP contribution in [0.2, 0.25) is 0 Å². The molecule has 5 aromatic carbocycles. The summed E-state index contributed by atoms with van der Waals surface area (Å²) >= 11 is 0. The van der Waals surface area contributed by atoms with Crippen molar-refractivity contribution in [2.45, 2.75) is 83.4 Å². The van der Waals surface area contributed by atoms with E-state index < -0.39 is 6.09 Å². The molecule has 0 bridgehead atoms. The number of likely N-dealkylation sites (N-methyl/N-ethyl adjacent to an activating group) is 1. The molecule has 0 aliphatic carbocycles. The molecule has 1 aliphatic rings. The zero-order chi connectivity index (χ0) is 51.1. The molecule has 1 unspecified atom stereocenters. The van der Waals surface area contributed by atoms with Crippen LogP contribution in [0.4, 0.5) is 21.9 Å². The number of rotatable bonds is 28.